The second-order valence-corrected chi connectivity index (χ2v) is 3.84. The first kappa shape index (κ1) is 11.0. The van der Waals surface area contributed by atoms with E-state index in [9.17, 15) is 13.2 Å². The molecule has 0 saturated heterocycles. The minimum Gasteiger partial charge on any atom is -0.395 e. The van der Waals surface area contributed by atoms with Crippen molar-refractivity contribution in [3.05, 3.63) is 42.4 Å². The highest BCUT2D eigenvalue weighted by molar-refractivity contribution is 5.60. The summed E-state index contributed by atoms with van der Waals surface area (Å²) >= 11 is 0. The fourth-order valence-electron chi connectivity index (χ4n) is 1.83. The summed E-state index contributed by atoms with van der Waals surface area (Å²) in [6.07, 6.45) is 3.28. The lowest BCUT2D eigenvalue weighted by atomic mass is 10.2. The molecular formula is C12H8F3NO2. The van der Waals surface area contributed by atoms with Gasteiger partial charge in [0.05, 0.1) is 5.69 Å². The molecule has 2 aliphatic rings. The van der Waals surface area contributed by atoms with E-state index >= 15 is 0 Å². The van der Waals surface area contributed by atoms with Crippen molar-refractivity contribution in [2.24, 2.45) is 0 Å². The first-order chi connectivity index (χ1) is 8.55. The van der Waals surface area contributed by atoms with Crippen LogP contribution in [0.25, 0.3) is 0 Å². The molecule has 6 heteroatoms. The van der Waals surface area contributed by atoms with Crippen molar-refractivity contribution < 1.29 is 22.6 Å². The standard InChI is InChI=1S/C12H8F3NO2/c13-8-6-10-11(18-12(14,15)17-10)7-9(8)16-4-2-1-3-5-16/h1-4,6-7H,5H2. The Labute approximate surface area is 101 Å². The molecule has 1 aromatic carbocycles. The van der Waals surface area contributed by atoms with E-state index in [4.69, 9.17) is 0 Å². The molecule has 0 saturated carbocycles. The van der Waals surface area contributed by atoms with Gasteiger partial charge in [-0.05, 0) is 6.08 Å². The highest BCUT2D eigenvalue weighted by atomic mass is 19.3. The lowest BCUT2D eigenvalue weighted by Crippen LogP contribution is -2.25. The van der Waals surface area contributed by atoms with Gasteiger partial charge in [0.2, 0.25) is 0 Å². The second kappa shape index (κ2) is 3.69. The van der Waals surface area contributed by atoms with Crippen molar-refractivity contribution >= 4 is 5.69 Å². The lowest BCUT2D eigenvalue weighted by Gasteiger charge is -2.21. The van der Waals surface area contributed by atoms with Crippen molar-refractivity contribution in [1.82, 2.24) is 0 Å². The molecule has 0 atom stereocenters. The number of anilines is 1. The molecule has 2 aliphatic heterocycles. The largest absolute Gasteiger partial charge is 0.586 e. The summed E-state index contributed by atoms with van der Waals surface area (Å²) in [4.78, 5) is 1.58. The molecule has 0 amide bonds. The molecule has 0 spiro atoms. The molecule has 2 heterocycles. The van der Waals surface area contributed by atoms with E-state index in [0.29, 0.717) is 6.54 Å². The Morgan fingerprint density at radius 2 is 1.83 bits per heavy atom. The molecule has 94 valence electrons. The Hall–Kier alpha value is -2.11. The monoisotopic (exact) mass is 255 g/mol. The van der Waals surface area contributed by atoms with Crippen LogP contribution in [0.1, 0.15) is 0 Å². The van der Waals surface area contributed by atoms with E-state index in [0.717, 1.165) is 6.07 Å². The Morgan fingerprint density at radius 3 is 2.50 bits per heavy atom. The van der Waals surface area contributed by atoms with Gasteiger partial charge in [0.25, 0.3) is 0 Å². The Bertz CT molecular complexity index is 554. The number of alkyl halides is 2. The normalized spacial score (nSPS) is 19.4. The van der Waals surface area contributed by atoms with Crippen LogP contribution in [0.4, 0.5) is 18.9 Å². The summed E-state index contributed by atoms with van der Waals surface area (Å²) in [6, 6.07) is 2.10. The molecule has 0 N–H and O–H groups in total. The third kappa shape index (κ3) is 1.79. The molecule has 0 bridgehead atoms. The Balaban J connectivity index is 1.99. The molecule has 0 aliphatic carbocycles. The van der Waals surface area contributed by atoms with E-state index in [1.165, 1.54) is 6.07 Å². The van der Waals surface area contributed by atoms with Crippen LogP contribution >= 0.6 is 0 Å². The third-order valence-corrected chi connectivity index (χ3v) is 2.60. The van der Waals surface area contributed by atoms with E-state index in [1.807, 2.05) is 12.2 Å². The van der Waals surface area contributed by atoms with Crippen molar-refractivity contribution in [3.63, 3.8) is 0 Å². The fraction of sp³-hybridized carbons (Fsp3) is 0.167. The van der Waals surface area contributed by atoms with Crippen molar-refractivity contribution in [2.75, 3.05) is 11.4 Å². The highest BCUT2D eigenvalue weighted by Gasteiger charge is 2.44. The molecule has 3 rings (SSSR count). The van der Waals surface area contributed by atoms with Crippen LogP contribution in [0.5, 0.6) is 11.5 Å². The van der Waals surface area contributed by atoms with E-state index in [-0.39, 0.29) is 17.2 Å². The average Bonchev–Trinajstić information content (AvgIpc) is 2.62. The molecule has 18 heavy (non-hydrogen) atoms. The van der Waals surface area contributed by atoms with Crippen molar-refractivity contribution in [1.29, 1.82) is 0 Å². The van der Waals surface area contributed by atoms with Crippen LogP contribution < -0.4 is 14.4 Å². The van der Waals surface area contributed by atoms with E-state index < -0.39 is 12.1 Å². The number of ether oxygens (including phenoxy) is 2. The Kier molecular flexibility index (Phi) is 2.26. The predicted octanol–water partition coefficient (Wildman–Crippen LogP) is 3.04. The maximum Gasteiger partial charge on any atom is 0.586 e. The van der Waals surface area contributed by atoms with Gasteiger partial charge < -0.3 is 14.4 Å². The summed E-state index contributed by atoms with van der Waals surface area (Å²) < 4.78 is 47.9. The smallest absolute Gasteiger partial charge is 0.395 e. The topological polar surface area (TPSA) is 21.7 Å². The number of allylic oxidation sites excluding steroid dienone is 2. The minimum absolute atomic E-state index is 0.163. The molecule has 0 unspecified atom stereocenters. The first-order valence-electron chi connectivity index (χ1n) is 5.24. The fourth-order valence-corrected chi connectivity index (χ4v) is 1.83. The zero-order valence-electron chi connectivity index (χ0n) is 9.07. The number of rotatable bonds is 1. The SMILES string of the molecule is Fc1cc2c(cc1N1C=CC=CC1)OC(F)(F)O2. The Morgan fingerprint density at radius 1 is 1.11 bits per heavy atom. The van der Waals surface area contributed by atoms with Crippen LogP contribution in [0.3, 0.4) is 0 Å². The van der Waals surface area contributed by atoms with Crippen LogP contribution in [-0.2, 0) is 0 Å². The van der Waals surface area contributed by atoms with Gasteiger partial charge in [-0.25, -0.2) is 4.39 Å². The molecule has 0 aromatic heterocycles. The zero-order chi connectivity index (χ0) is 12.8. The predicted molar refractivity (Wildman–Crippen MR) is 58.2 cm³/mol. The van der Waals surface area contributed by atoms with Crippen LogP contribution in [0.15, 0.2) is 36.6 Å². The number of hydrogen-bond donors (Lipinski definition) is 0. The van der Waals surface area contributed by atoms with Crippen LogP contribution in [0.2, 0.25) is 0 Å². The minimum atomic E-state index is -3.73. The molecular weight excluding hydrogens is 247 g/mol. The summed E-state index contributed by atoms with van der Waals surface area (Å²) in [5.74, 6) is -1.10. The van der Waals surface area contributed by atoms with Crippen molar-refractivity contribution in [2.45, 2.75) is 6.29 Å². The third-order valence-electron chi connectivity index (χ3n) is 2.60. The summed E-state index contributed by atoms with van der Waals surface area (Å²) in [5.41, 5.74) is 0.163. The lowest BCUT2D eigenvalue weighted by molar-refractivity contribution is -0.286. The van der Waals surface area contributed by atoms with Gasteiger partial charge in [0.15, 0.2) is 17.3 Å². The number of hydrogen-bond acceptors (Lipinski definition) is 3. The van der Waals surface area contributed by atoms with Crippen LogP contribution in [0, 0.1) is 5.82 Å². The maximum atomic E-state index is 13.8. The summed E-state index contributed by atoms with van der Waals surface area (Å²) in [5, 5.41) is 0. The van der Waals surface area contributed by atoms with Gasteiger partial charge in [0, 0.05) is 24.9 Å². The second-order valence-electron chi connectivity index (χ2n) is 3.84. The van der Waals surface area contributed by atoms with Gasteiger partial charge in [-0.3, -0.25) is 0 Å². The molecule has 0 radical (unpaired) electrons. The van der Waals surface area contributed by atoms with E-state index in [1.54, 1.807) is 17.2 Å². The van der Waals surface area contributed by atoms with Gasteiger partial charge >= 0.3 is 6.29 Å². The highest BCUT2D eigenvalue weighted by Crippen LogP contribution is 2.44. The number of fused-ring (bicyclic) bond motifs is 1. The van der Waals surface area contributed by atoms with E-state index in [2.05, 4.69) is 9.47 Å². The van der Waals surface area contributed by atoms with Gasteiger partial charge in [-0.2, -0.15) is 0 Å². The zero-order valence-corrected chi connectivity index (χ0v) is 9.07. The average molecular weight is 255 g/mol. The molecule has 1 aromatic rings. The maximum absolute atomic E-state index is 13.8. The van der Waals surface area contributed by atoms with Gasteiger partial charge in [0.1, 0.15) is 0 Å². The number of halogens is 3. The van der Waals surface area contributed by atoms with Gasteiger partial charge in [-0.1, -0.05) is 12.2 Å². The molecule has 0 fully saturated rings. The summed E-state index contributed by atoms with van der Waals surface area (Å²) in [7, 11) is 0. The van der Waals surface area contributed by atoms with Crippen molar-refractivity contribution in [3.8, 4) is 11.5 Å². The van der Waals surface area contributed by atoms with Gasteiger partial charge in [-0.15, -0.1) is 8.78 Å². The number of nitrogens with zero attached hydrogens (tertiary/aromatic N) is 1. The summed E-state index contributed by atoms with van der Waals surface area (Å²) in [6.45, 7) is 0.462. The van der Waals surface area contributed by atoms with Crippen LogP contribution in [-0.4, -0.2) is 12.8 Å². The molecule has 3 nitrogen and oxygen atoms in total. The number of benzene rings is 1. The quantitative estimate of drug-likeness (QED) is 0.769. The first-order valence-corrected chi connectivity index (χ1v) is 5.24.